The van der Waals surface area contributed by atoms with Gasteiger partial charge < -0.3 is 29.0 Å². The molecule has 1 saturated heterocycles. The zero-order chi connectivity index (χ0) is 20.6. The molecule has 1 amide bonds. The average molecular weight is 389 g/mol. The summed E-state index contributed by atoms with van der Waals surface area (Å²) in [6.07, 6.45) is -3.47. The molecule has 0 bridgehead atoms. The van der Waals surface area contributed by atoms with E-state index in [9.17, 15) is 19.2 Å². The van der Waals surface area contributed by atoms with Gasteiger partial charge in [-0.25, -0.2) is 0 Å². The van der Waals surface area contributed by atoms with E-state index in [0.717, 1.165) is 0 Å². The molecule has 1 rings (SSSR count). The molecule has 10 nitrogen and oxygen atoms in total. The van der Waals surface area contributed by atoms with Crippen molar-refractivity contribution in [2.45, 2.75) is 71.7 Å². The minimum atomic E-state index is -1.11. The van der Waals surface area contributed by atoms with Crippen molar-refractivity contribution in [3.8, 4) is 0 Å². The van der Waals surface area contributed by atoms with E-state index in [1.165, 1.54) is 27.7 Å². The van der Waals surface area contributed by atoms with Crippen LogP contribution in [0.5, 0.6) is 0 Å². The summed E-state index contributed by atoms with van der Waals surface area (Å²) in [4.78, 5) is 46.0. The van der Waals surface area contributed by atoms with Crippen molar-refractivity contribution in [3.63, 3.8) is 0 Å². The van der Waals surface area contributed by atoms with Crippen LogP contribution in [0.25, 0.3) is 0 Å². The summed E-state index contributed by atoms with van der Waals surface area (Å²) in [6, 6.07) is -0.920. The van der Waals surface area contributed by atoms with E-state index in [1.807, 2.05) is 6.92 Å². The molecule has 1 aliphatic rings. The van der Waals surface area contributed by atoms with Gasteiger partial charge in [0.25, 0.3) is 0 Å². The second-order valence-corrected chi connectivity index (χ2v) is 6.09. The zero-order valence-electron chi connectivity index (χ0n) is 16.2. The van der Waals surface area contributed by atoms with Crippen molar-refractivity contribution in [1.29, 1.82) is 0 Å². The number of amides is 1. The summed E-state index contributed by atoms with van der Waals surface area (Å²) >= 11 is 0. The van der Waals surface area contributed by atoms with Crippen LogP contribution >= 0.6 is 0 Å². The number of hydrogen-bond donors (Lipinski definition) is 1. The summed E-state index contributed by atoms with van der Waals surface area (Å²) < 4.78 is 27.0. The maximum atomic E-state index is 11.6. The lowest BCUT2D eigenvalue weighted by atomic mass is 9.96. The van der Waals surface area contributed by atoms with E-state index in [2.05, 4.69) is 5.32 Å². The van der Waals surface area contributed by atoms with Crippen LogP contribution in [0.1, 0.15) is 41.0 Å². The maximum absolute atomic E-state index is 11.6. The molecule has 0 aliphatic carbocycles. The Kier molecular flexibility index (Phi) is 9.16. The van der Waals surface area contributed by atoms with Crippen LogP contribution in [0, 0.1) is 0 Å². The second kappa shape index (κ2) is 10.8. The lowest BCUT2D eigenvalue weighted by Crippen LogP contribution is -2.66. The Morgan fingerprint density at radius 1 is 0.926 bits per heavy atom. The first-order valence-corrected chi connectivity index (χ1v) is 8.67. The summed E-state index contributed by atoms with van der Waals surface area (Å²) in [5, 5.41) is 2.62. The summed E-state index contributed by atoms with van der Waals surface area (Å²) in [6.45, 7) is 6.83. The third-order valence-corrected chi connectivity index (χ3v) is 3.56. The van der Waals surface area contributed by atoms with Gasteiger partial charge >= 0.3 is 17.9 Å². The lowest BCUT2D eigenvalue weighted by Gasteiger charge is -2.44. The number of hydrogen-bond acceptors (Lipinski definition) is 9. The molecule has 1 aliphatic heterocycles. The molecule has 1 fully saturated rings. The highest BCUT2D eigenvalue weighted by molar-refractivity contribution is 5.73. The standard InChI is InChI=1S/C17H27NO9/c1-6-7-23-17-14(18-9(2)19)16(26-12(5)22)15(25-11(4)21)13(27-17)8-24-10(3)20/h13-17H,6-8H2,1-5H3,(H,18,19)/t13-,14-,15+,16-,17?/m1/s1. The predicted molar refractivity (Wildman–Crippen MR) is 90.2 cm³/mol. The van der Waals surface area contributed by atoms with E-state index < -0.39 is 54.5 Å². The van der Waals surface area contributed by atoms with Gasteiger partial charge in [0.15, 0.2) is 18.5 Å². The van der Waals surface area contributed by atoms with Gasteiger partial charge in [-0.1, -0.05) is 6.92 Å². The molecule has 0 saturated carbocycles. The van der Waals surface area contributed by atoms with Crippen molar-refractivity contribution in [2.75, 3.05) is 13.2 Å². The van der Waals surface area contributed by atoms with Gasteiger partial charge in [-0.3, -0.25) is 19.2 Å². The Bertz CT molecular complexity index is 551. The van der Waals surface area contributed by atoms with Crippen molar-refractivity contribution in [2.24, 2.45) is 0 Å². The number of ether oxygens (including phenoxy) is 5. The van der Waals surface area contributed by atoms with Crippen LogP contribution in [-0.4, -0.2) is 67.7 Å². The van der Waals surface area contributed by atoms with E-state index in [0.29, 0.717) is 13.0 Å². The molecule has 1 heterocycles. The number of esters is 3. The molecule has 27 heavy (non-hydrogen) atoms. The molecule has 0 aromatic rings. The SMILES string of the molecule is CCCOC1O[C@H](COC(C)=O)[C@H](OC(C)=O)[C@H](OC(C)=O)[C@H]1NC(C)=O. The van der Waals surface area contributed by atoms with Crippen LogP contribution < -0.4 is 5.32 Å². The topological polar surface area (TPSA) is 126 Å². The monoisotopic (exact) mass is 389 g/mol. The molecule has 0 aromatic carbocycles. The van der Waals surface area contributed by atoms with Crippen LogP contribution in [0.3, 0.4) is 0 Å². The third-order valence-electron chi connectivity index (χ3n) is 3.56. The van der Waals surface area contributed by atoms with Gasteiger partial charge in [-0.15, -0.1) is 0 Å². The fourth-order valence-corrected chi connectivity index (χ4v) is 2.67. The number of nitrogens with one attached hydrogen (secondary N) is 1. The molecule has 1 unspecified atom stereocenters. The molecule has 1 N–H and O–H groups in total. The Morgan fingerprint density at radius 3 is 2.00 bits per heavy atom. The Hall–Kier alpha value is -2.20. The molecular weight excluding hydrogens is 362 g/mol. The number of rotatable bonds is 8. The minimum Gasteiger partial charge on any atom is -0.463 e. The van der Waals surface area contributed by atoms with E-state index in [1.54, 1.807) is 0 Å². The van der Waals surface area contributed by atoms with Crippen molar-refractivity contribution in [3.05, 3.63) is 0 Å². The van der Waals surface area contributed by atoms with Crippen LogP contribution in [-0.2, 0) is 42.9 Å². The smallest absolute Gasteiger partial charge is 0.303 e. The fourth-order valence-electron chi connectivity index (χ4n) is 2.67. The fraction of sp³-hybridized carbons (Fsp3) is 0.765. The second-order valence-electron chi connectivity index (χ2n) is 6.09. The molecule has 5 atom stereocenters. The normalized spacial score (nSPS) is 27.4. The molecule has 154 valence electrons. The van der Waals surface area contributed by atoms with Gasteiger partial charge in [0, 0.05) is 34.3 Å². The van der Waals surface area contributed by atoms with E-state index >= 15 is 0 Å². The van der Waals surface area contributed by atoms with Gasteiger partial charge in [0.2, 0.25) is 5.91 Å². The first kappa shape index (κ1) is 22.8. The largest absolute Gasteiger partial charge is 0.463 e. The molecule has 10 heteroatoms. The first-order valence-electron chi connectivity index (χ1n) is 8.67. The summed E-state index contributed by atoms with van der Waals surface area (Å²) in [5.41, 5.74) is 0. The van der Waals surface area contributed by atoms with Crippen molar-refractivity contribution in [1.82, 2.24) is 5.32 Å². The number of carbonyl (C=O) groups is 4. The van der Waals surface area contributed by atoms with Gasteiger partial charge in [-0.05, 0) is 6.42 Å². The molecule has 0 radical (unpaired) electrons. The average Bonchev–Trinajstić information content (AvgIpc) is 2.54. The Balaban J connectivity index is 3.22. The number of carbonyl (C=O) groups excluding carboxylic acids is 4. The van der Waals surface area contributed by atoms with Crippen LogP contribution in [0.4, 0.5) is 0 Å². The zero-order valence-corrected chi connectivity index (χ0v) is 16.2. The van der Waals surface area contributed by atoms with Crippen molar-refractivity contribution >= 4 is 23.8 Å². The lowest BCUT2D eigenvalue weighted by molar-refractivity contribution is -0.277. The highest BCUT2D eigenvalue weighted by Gasteiger charge is 2.51. The molecule has 0 spiro atoms. The van der Waals surface area contributed by atoms with Gasteiger partial charge in [-0.2, -0.15) is 0 Å². The summed E-state index contributed by atoms with van der Waals surface area (Å²) in [7, 11) is 0. The van der Waals surface area contributed by atoms with Gasteiger partial charge in [0.05, 0.1) is 0 Å². The Morgan fingerprint density at radius 2 is 1.52 bits per heavy atom. The minimum absolute atomic E-state index is 0.246. The van der Waals surface area contributed by atoms with Crippen molar-refractivity contribution < 1.29 is 42.9 Å². The van der Waals surface area contributed by atoms with Crippen LogP contribution in [0.15, 0.2) is 0 Å². The van der Waals surface area contributed by atoms with E-state index in [4.69, 9.17) is 23.7 Å². The quantitative estimate of drug-likeness (QED) is 0.453. The highest BCUT2D eigenvalue weighted by Crippen LogP contribution is 2.28. The third kappa shape index (κ3) is 7.51. The summed E-state index contributed by atoms with van der Waals surface area (Å²) in [5.74, 6) is -2.26. The van der Waals surface area contributed by atoms with Gasteiger partial charge in [0.1, 0.15) is 18.8 Å². The molecule has 0 aromatic heterocycles. The Labute approximate surface area is 157 Å². The van der Waals surface area contributed by atoms with E-state index in [-0.39, 0.29) is 6.61 Å². The molecular formula is C17H27NO9. The predicted octanol–water partition coefficient (Wildman–Crippen LogP) is 0.0691. The highest BCUT2D eigenvalue weighted by atomic mass is 16.7. The van der Waals surface area contributed by atoms with Crippen LogP contribution in [0.2, 0.25) is 0 Å². The first-order chi connectivity index (χ1) is 12.6. The maximum Gasteiger partial charge on any atom is 0.303 e.